The molecule has 6 nitrogen and oxygen atoms in total. The fraction of sp³-hybridized carbons (Fsp3) is 0.158. The molecule has 0 unspecified atom stereocenters. The molecule has 0 atom stereocenters. The maximum absolute atomic E-state index is 6.20. The van der Waals surface area contributed by atoms with Gasteiger partial charge in [0.25, 0.3) is 0 Å². The van der Waals surface area contributed by atoms with Gasteiger partial charge in [-0.3, -0.25) is 0 Å². The Labute approximate surface area is 187 Å². The molecule has 29 heavy (non-hydrogen) atoms. The van der Waals surface area contributed by atoms with Gasteiger partial charge in [-0.2, -0.15) is 0 Å². The van der Waals surface area contributed by atoms with E-state index in [4.69, 9.17) is 67.3 Å². The van der Waals surface area contributed by atoms with Crippen molar-refractivity contribution in [3.8, 4) is 23.3 Å². The first-order valence-electron chi connectivity index (χ1n) is 8.38. The van der Waals surface area contributed by atoms with E-state index in [9.17, 15) is 0 Å². The lowest BCUT2D eigenvalue weighted by Crippen LogP contribution is -2.02. The van der Waals surface area contributed by atoms with Crippen molar-refractivity contribution in [2.75, 3.05) is 11.5 Å². The zero-order chi connectivity index (χ0) is 21.3. The Bertz CT molecular complexity index is 1030. The van der Waals surface area contributed by atoms with Crippen LogP contribution >= 0.6 is 46.4 Å². The van der Waals surface area contributed by atoms with Crippen molar-refractivity contribution in [3.05, 3.63) is 56.0 Å². The normalized spacial score (nSPS) is 11.0. The highest BCUT2D eigenvalue weighted by molar-refractivity contribution is 6.38. The molecule has 4 N–H and O–H groups in total. The molecule has 1 aromatic heterocycles. The maximum Gasteiger partial charge on any atom is 0.242 e. The van der Waals surface area contributed by atoms with Crippen molar-refractivity contribution in [3.63, 3.8) is 0 Å². The first kappa shape index (κ1) is 21.6. The molecular weight excluding hydrogens is 458 g/mol. The quantitative estimate of drug-likeness (QED) is 0.388. The number of rotatable bonds is 5. The van der Waals surface area contributed by atoms with Crippen LogP contribution in [0.5, 0.6) is 23.3 Å². The van der Waals surface area contributed by atoms with Gasteiger partial charge in [0.2, 0.25) is 11.8 Å². The van der Waals surface area contributed by atoms with Crippen molar-refractivity contribution >= 4 is 57.8 Å². The third kappa shape index (κ3) is 4.90. The number of halogens is 4. The number of benzene rings is 2. The Morgan fingerprint density at radius 3 is 1.62 bits per heavy atom. The van der Waals surface area contributed by atoms with E-state index in [-0.39, 0.29) is 49.3 Å². The van der Waals surface area contributed by atoms with Gasteiger partial charge in [0.1, 0.15) is 0 Å². The molecule has 152 valence electrons. The van der Waals surface area contributed by atoms with Gasteiger partial charge in [-0.1, -0.05) is 60.3 Å². The number of hydrogen-bond acceptors (Lipinski definition) is 6. The molecule has 1 heterocycles. The summed E-state index contributed by atoms with van der Waals surface area (Å²) in [5.74, 6) is 0.896. The van der Waals surface area contributed by atoms with E-state index in [2.05, 4.69) is 10.2 Å². The molecule has 0 aliphatic carbocycles. The molecule has 0 aliphatic rings. The zero-order valence-electron chi connectivity index (χ0n) is 15.3. The van der Waals surface area contributed by atoms with Gasteiger partial charge in [-0.25, -0.2) is 0 Å². The summed E-state index contributed by atoms with van der Waals surface area (Å²) < 4.78 is 11.6. The minimum Gasteiger partial charge on any atom is -0.434 e. The van der Waals surface area contributed by atoms with Gasteiger partial charge in [-0.05, 0) is 30.2 Å². The van der Waals surface area contributed by atoms with Crippen LogP contribution in [0.4, 0.5) is 11.4 Å². The predicted molar refractivity (Wildman–Crippen MR) is 118 cm³/mol. The Kier molecular flexibility index (Phi) is 6.49. The molecule has 0 fully saturated rings. The van der Waals surface area contributed by atoms with E-state index in [1.54, 1.807) is 6.07 Å². The first-order valence-corrected chi connectivity index (χ1v) is 9.89. The van der Waals surface area contributed by atoms with Gasteiger partial charge < -0.3 is 20.9 Å². The number of aromatic nitrogens is 2. The van der Waals surface area contributed by atoms with Gasteiger partial charge in [0.15, 0.2) is 11.5 Å². The minimum absolute atomic E-state index is 0.0199. The van der Waals surface area contributed by atoms with Crippen molar-refractivity contribution in [2.45, 2.75) is 19.8 Å². The van der Waals surface area contributed by atoms with Crippen molar-refractivity contribution in [1.82, 2.24) is 10.2 Å². The van der Waals surface area contributed by atoms with Crippen LogP contribution in [0.1, 0.15) is 25.3 Å². The highest BCUT2D eigenvalue weighted by Gasteiger charge is 2.19. The first-order chi connectivity index (χ1) is 13.7. The molecule has 0 aliphatic heterocycles. The topological polar surface area (TPSA) is 96.3 Å². The summed E-state index contributed by atoms with van der Waals surface area (Å²) in [7, 11) is 0. The molecular formula is C19H16Cl4N4O2. The molecule has 3 aromatic rings. The van der Waals surface area contributed by atoms with Gasteiger partial charge in [0.05, 0.1) is 20.1 Å². The van der Waals surface area contributed by atoms with Crippen LogP contribution < -0.4 is 20.9 Å². The lowest BCUT2D eigenvalue weighted by atomic mass is 10.1. The molecule has 0 amide bonds. The number of nitrogens with two attached hydrogens (primary N) is 2. The third-order valence-corrected chi connectivity index (χ3v) is 4.96. The highest BCUT2D eigenvalue weighted by Crippen LogP contribution is 2.41. The maximum atomic E-state index is 6.20. The van der Waals surface area contributed by atoms with E-state index >= 15 is 0 Å². The number of nitrogen functional groups attached to an aromatic ring is 2. The van der Waals surface area contributed by atoms with E-state index in [1.165, 1.54) is 24.3 Å². The van der Waals surface area contributed by atoms with Crippen LogP contribution in [-0.2, 0) is 0 Å². The smallest absolute Gasteiger partial charge is 0.242 e. The van der Waals surface area contributed by atoms with Crippen LogP contribution in [0.25, 0.3) is 0 Å². The lowest BCUT2D eigenvalue weighted by molar-refractivity contribution is 0.419. The van der Waals surface area contributed by atoms with E-state index in [0.29, 0.717) is 16.9 Å². The number of hydrogen-bond donors (Lipinski definition) is 2. The average Bonchev–Trinajstić information content (AvgIpc) is 2.61. The number of nitrogens with zero attached hydrogens (tertiary/aromatic N) is 2. The Balaban J connectivity index is 1.97. The Hall–Kier alpha value is -2.12. The molecule has 3 rings (SSSR count). The predicted octanol–water partition coefficient (Wildman–Crippen LogP) is 6.96. The third-order valence-electron chi connectivity index (χ3n) is 3.83. The van der Waals surface area contributed by atoms with Crippen molar-refractivity contribution in [1.29, 1.82) is 0 Å². The van der Waals surface area contributed by atoms with Crippen LogP contribution in [0.3, 0.4) is 0 Å². The second-order valence-corrected chi connectivity index (χ2v) is 8.06. The number of ether oxygens (including phenoxy) is 2. The summed E-state index contributed by atoms with van der Waals surface area (Å²) in [5, 5.41) is 9.17. The minimum atomic E-state index is 0.0199. The summed E-state index contributed by atoms with van der Waals surface area (Å²) in [6.07, 6.45) is 0. The Morgan fingerprint density at radius 2 is 1.17 bits per heavy atom. The standard InChI is InChI=1S/C19H16Cl4N4O2/c1-8(2)11-7-16(28-17-12(20)3-9(24)4-13(17)21)26-27-19(11)29-18-14(22)5-10(25)6-15(18)23/h3-8H,24-25H2,1-2H3. The molecule has 10 heteroatoms. The molecule has 2 aromatic carbocycles. The van der Waals surface area contributed by atoms with E-state index in [1.807, 2.05) is 13.8 Å². The SMILES string of the molecule is CC(C)c1cc(Oc2c(Cl)cc(N)cc2Cl)nnc1Oc1c(Cl)cc(N)cc1Cl. The summed E-state index contributed by atoms with van der Waals surface area (Å²) >= 11 is 24.7. The van der Waals surface area contributed by atoms with Crippen LogP contribution in [0.2, 0.25) is 20.1 Å². The second kappa shape index (κ2) is 8.71. The summed E-state index contributed by atoms with van der Waals surface area (Å²) in [6, 6.07) is 7.81. The van der Waals surface area contributed by atoms with E-state index in [0.717, 1.165) is 0 Å². The number of anilines is 2. The Morgan fingerprint density at radius 1 is 0.724 bits per heavy atom. The fourth-order valence-corrected chi connectivity index (χ4v) is 3.64. The van der Waals surface area contributed by atoms with Crippen LogP contribution in [-0.4, -0.2) is 10.2 Å². The fourth-order valence-electron chi connectivity index (χ4n) is 2.47. The van der Waals surface area contributed by atoms with Gasteiger partial charge >= 0.3 is 0 Å². The average molecular weight is 474 g/mol. The highest BCUT2D eigenvalue weighted by atomic mass is 35.5. The second-order valence-electron chi connectivity index (χ2n) is 6.43. The molecule has 0 bridgehead atoms. The summed E-state index contributed by atoms with van der Waals surface area (Å²) in [4.78, 5) is 0. The molecule has 0 radical (unpaired) electrons. The molecule has 0 saturated heterocycles. The van der Waals surface area contributed by atoms with Crippen LogP contribution in [0, 0.1) is 0 Å². The largest absolute Gasteiger partial charge is 0.434 e. The van der Waals surface area contributed by atoms with Crippen molar-refractivity contribution in [2.24, 2.45) is 0 Å². The van der Waals surface area contributed by atoms with Crippen molar-refractivity contribution < 1.29 is 9.47 Å². The zero-order valence-corrected chi connectivity index (χ0v) is 18.4. The molecule has 0 spiro atoms. The van der Waals surface area contributed by atoms with Crippen LogP contribution in [0.15, 0.2) is 30.3 Å². The summed E-state index contributed by atoms with van der Waals surface area (Å²) in [5.41, 5.74) is 13.0. The van der Waals surface area contributed by atoms with E-state index < -0.39 is 0 Å². The summed E-state index contributed by atoms with van der Waals surface area (Å²) in [6.45, 7) is 3.92. The van der Waals surface area contributed by atoms with Gasteiger partial charge in [0, 0.05) is 23.0 Å². The van der Waals surface area contributed by atoms with Gasteiger partial charge in [-0.15, -0.1) is 10.2 Å². The monoisotopic (exact) mass is 472 g/mol. The molecule has 0 saturated carbocycles. The lowest BCUT2D eigenvalue weighted by Gasteiger charge is -2.16.